The summed E-state index contributed by atoms with van der Waals surface area (Å²) in [5, 5.41) is 3.53. The van der Waals surface area contributed by atoms with Crippen LogP contribution in [0.15, 0.2) is 28.7 Å². The summed E-state index contributed by atoms with van der Waals surface area (Å²) in [7, 11) is 0. The minimum Gasteiger partial charge on any atom is -0.314 e. The maximum absolute atomic E-state index is 3.53. The summed E-state index contributed by atoms with van der Waals surface area (Å²) in [6.07, 6.45) is 1.31. The number of hydrogen-bond donors (Lipinski definition) is 1. The summed E-state index contributed by atoms with van der Waals surface area (Å²) in [6, 6.07) is 9.38. The van der Waals surface area contributed by atoms with Crippen LogP contribution in [0.3, 0.4) is 0 Å². The lowest BCUT2D eigenvalue weighted by Crippen LogP contribution is -2.26. The Morgan fingerprint density at radius 2 is 2.00 bits per heavy atom. The van der Waals surface area contributed by atoms with E-state index < -0.39 is 0 Å². The molecule has 2 atom stereocenters. The first kappa shape index (κ1) is 12.1. The van der Waals surface area contributed by atoms with Crippen molar-refractivity contribution in [1.82, 2.24) is 5.32 Å². The van der Waals surface area contributed by atoms with Gasteiger partial charge in [-0.1, -0.05) is 48.8 Å². The topological polar surface area (TPSA) is 12.0 Å². The van der Waals surface area contributed by atoms with E-state index in [1.165, 1.54) is 12.0 Å². The van der Waals surface area contributed by atoms with Crippen molar-refractivity contribution >= 4 is 15.9 Å². The number of nitrogens with one attached hydrogen (secondary N) is 1. The van der Waals surface area contributed by atoms with Gasteiger partial charge in [-0.3, -0.25) is 0 Å². The second-order valence-electron chi connectivity index (χ2n) is 5.39. The molecule has 1 aliphatic carbocycles. The maximum atomic E-state index is 3.53. The standard InChI is InChI=1S/C14H20BrN/c1-10(2)16-9-12-8-14(12,3)11-4-6-13(15)7-5-11/h4-7,10,12,16H,8-9H2,1-3H3. The van der Waals surface area contributed by atoms with E-state index >= 15 is 0 Å². The van der Waals surface area contributed by atoms with Gasteiger partial charge >= 0.3 is 0 Å². The van der Waals surface area contributed by atoms with E-state index in [1.807, 2.05) is 0 Å². The quantitative estimate of drug-likeness (QED) is 0.887. The lowest BCUT2D eigenvalue weighted by Gasteiger charge is -2.14. The third-order valence-corrected chi connectivity index (χ3v) is 4.22. The van der Waals surface area contributed by atoms with Crippen molar-refractivity contribution in [3.63, 3.8) is 0 Å². The highest BCUT2D eigenvalue weighted by molar-refractivity contribution is 9.10. The van der Waals surface area contributed by atoms with Crippen LogP contribution in [-0.4, -0.2) is 12.6 Å². The Balaban J connectivity index is 1.98. The van der Waals surface area contributed by atoms with Crippen LogP contribution in [-0.2, 0) is 5.41 Å². The van der Waals surface area contributed by atoms with Gasteiger partial charge in [0, 0.05) is 10.5 Å². The van der Waals surface area contributed by atoms with Crippen LogP contribution in [0.2, 0.25) is 0 Å². The van der Waals surface area contributed by atoms with Gasteiger partial charge < -0.3 is 5.32 Å². The van der Waals surface area contributed by atoms with Gasteiger partial charge in [-0.2, -0.15) is 0 Å². The summed E-state index contributed by atoms with van der Waals surface area (Å²) >= 11 is 3.49. The third-order valence-electron chi connectivity index (χ3n) is 3.69. The fourth-order valence-electron chi connectivity index (χ4n) is 2.31. The van der Waals surface area contributed by atoms with Crippen molar-refractivity contribution in [3.05, 3.63) is 34.3 Å². The van der Waals surface area contributed by atoms with Gasteiger partial charge in [0.05, 0.1) is 0 Å². The molecule has 0 saturated heterocycles. The predicted octanol–water partition coefficient (Wildman–Crippen LogP) is 3.72. The molecule has 2 heteroatoms. The lowest BCUT2D eigenvalue weighted by molar-refractivity contribution is 0.528. The van der Waals surface area contributed by atoms with Crippen LogP contribution in [0.1, 0.15) is 32.8 Å². The first-order chi connectivity index (χ1) is 7.52. The number of hydrogen-bond acceptors (Lipinski definition) is 1. The van der Waals surface area contributed by atoms with Crippen molar-refractivity contribution in [2.24, 2.45) is 5.92 Å². The zero-order valence-electron chi connectivity index (χ0n) is 10.3. The molecule has 16 heavy (non-hydrogen) atoms. The highest BCUT2D eigenvalue weighted by Crippen LogP contribution is 2.53. The Morgan fingerprint density at radius 1 is 1.38 bits per heavy atom. The lowest BCUT2D eigenvalue weighted by atomic mass is 9.95. The molecular formula is C14H20BrN. The molecule has 0 aromatic heterocycles. The predicted molar refractivity (Wildman–Crippen MR) is 72.7 cm³/mol. The average molecular weight is 282 g/mol. The van der Waals surface area contributed by atoms with Gasteiger partial charge in [0.1, 0.15) is 0 Å². The van der Waals surface area contributed by atoms with Crippen LogP contribution < -0.4 is 5.32 Å². The summed E-state index contributed by atoms with van der Waals surface area (Å²) in [4.78, 5) is 0. The number of rotatable bonds is 4. The highest BCUT2D eigenvalue weighted by Gasteiger charge is 2.50. The molecule has 0 bridgehead atoms. The van der Waals surface area contributed by atoms with E-state index in [2.05, 4.69) is 66.3 Å². The van der Waals surface area contributed by atoms with Gasteiger partial charge in [0.25, 0.3) is 0 Å². The minimum atomic E-state index is 0.405. The smallest absolute Gasteiger partial charge is 0.0175 e. The second kappa shape index (κ2) is 4.50. The van der Waals surface area contributed by atoms with Crippen molar-refractivity contribution in [2.45, 2.75) is 38.6 Å². The second-order valence-corrected chi connectivity index (χ2v) is 6.30. The molecule has 1 nitrogen and oxygen atoms in total. The maximum Gasteiger partial charge on any atom is 0.0175 e. The summed E-state index contributed by atoms with van der Waals surface area (Å²) in [5.41, 5.74) is 1.88. The van der Waals surface area contributed by atoms with E-state index in [0.29, 0.717) is 11.5 Å². The van der Waals surface area contributed by atoms with Crippen LogP contribution in [0.25, 0.3) is 0 Å². The molecule has 0 heterocycles. The number of benzene rings is 1. The Bertz CT molecular complexity index is 358. The molecule has 0 aliphatic heterocycles. The van der Waals surface area contributed by atoms with Crippen molar-refractivity contribution < 1.29 is 0 Å². The fraction of sp³-hybridized carbons (Fsp3) is 0.571. The third kappa shape index (κ3) is 2.49. The molecule has 1 N–H and O–H groups in total. The number of halogens is 1. The Labute approximate surface area is 107 Å². The zero-order chi connectivity index (χ0) is 11.8. The minimum absolute atomic E-state index is 0.405. The molecule has 2 unspecified atom stereocenters. The van der Waals surface area contributed by atoms with Gasteiger partial charge in [0.2, 0.25) is 0 Å². The first-order valence-electron chi connectivity index (χ1n) is 6.02. The highest BCUT2D eigenvalue weighted by atomic mass is 79.9. The molecule has 1 aromatic carbocycles. The normalized spacial score (nSPS) is 28.4. The Morgan fingerprint density at radius 3 is 2.56 bits per heavy atom. The fourth-order valence-corrected chi connectivity index (χ4v) is 2.58. The van der Waals surface area contributed by atoms with E-state index in [0.717, 1.165) is 16.9 Å². The molecule has 1 aliphatic rings. The molecule has 88 valence electrons. The molecule has 0 radical (unpaired) electrons. The van der Waals surface area contributed by atoms with E-state index in [1.54, 1.807) is 0 Å². The zero-order valence-corrected chi connectivity index (χ0v) is 11.8. The molecule has 0 spiro atoms. The molecule has 1 aromatic rings. The van der Waals surface area contributed by atoms with Crippen molar-refractivity contribution in [1.29, 1.82) is 0 Å². The monoisotopic (exact) mass is 281 g/mol. The largest absolute Gasteiger partial charge is 0.314 e. The van der Waals surface area contributed by atoms with Gasteiger partial charge in [-0.25, -0.2) is 0 Å². The van der Waals surface area contributed by atoms with E-state index in [4.69, 9.17) is 0 Å². The van der Waals surface area contributed by atoms with Crippen LogP contribution >= 0.6 is 15.9 Å². The summed E-state index contributed by atoms with van der Waals surface area (Å²) in [6.45, 7) is 7.94. The van der Waals surface area contributed by atoms with Crippen LogP contribution in [0, 0.1) is 5.92 Å². The molecular weight excluding hydrogens is 262 g/mol. The van der Waals surface area contributed by atoms with Gasteiger partial charge in [0.15, 0.2) is 0 Å². The molecule has 1 saturated carbocycles. The van der Waals surface area contributed by atoms with E-state index in [-0.39, 0.29) is 0 Å². The Hall–Kier alpha value is -0.340. The molecule has 0 amide bonds. The van der Waals surface area contributed by atoms with Gasteiger partial charge in [-0.15, -0.1) is 0 Å². The Kier molecular flexibility index (Phi) is 3.41. The summed E-state index contributed by atoms with van der Waals surface area (Å²) in [5.74, 6) is 0.802. The SMILES string of the molecule is CC(C)NCC1CC1(C)c1ccc(Br)cc1. The first-order valence-corrected chi connectivity index (χ1v) is 6.81. The molecule has 1 fully saturated rings. The van der Waals surface area contributed by atoms with Crippen LogP contribution in [0.4, 0.5) is 0 Å². The van der Waals surface area contributed by atoms with Crippen molar-refractivity contribution in [2.75, 3.05) is 6.54 Å². The van der Waals surface area contributed by atoms with Crippen molar-refractivity contribution in [3.8, 4) is 0 Å². The molecule has 2 rings (SSSR count). The average Bonchev–Trinajstić information content (AvgIpc) is 2.89. The summed E-state index contributed by atoms with van der Waals surface area (Å²) < 4.78 is 1.16. The van der Waals surface area contributed by atoms with Crippen LogP contribution in [0.5, 0.6) is 0 Å². The van der Waals surface area contributed by atoms with Gasteiger partial charge in [-0.05, 0) is 42.0 Å². The van der Waals surface area contributed by atoms with E-state index in [9.17, 15) is 0 Å².